The molecule has 9 nitrogen and oxygen atoms in total. The molecule has 0 unspecified atom stereocenters. The normalized spacial score (nSPS) is 15.4. The molecule has 1 aromatic heterocycles. The molecule has 32 heavy (non-hydrogen) atoms. The summed E-state index contributed by atoms with van der Waals surface area (Å²) >= 11 is 0. The molecule has 1 aliphatic heterocycles. The molecular weight excluding hydrogens is 412 g/mol. The number of hydrogen-bond donors (Lipinski definition) is 0. The number of carbonyl (C=O) groups is 1. The smallest absolute Gasteiger partial charge is 0.409 e. The second-order valence-electron chi connectivity index (χ2n) is 7.45. The molecule has 0 radical (unpaired) electrons. The topological polar surface area (TPSA) is 98.0 Å². The minimum absolute atomic E-state index is 0.0359. The number of pyridine rings is 1. The Morgan fingerprint density at radius 3 is 2.41 bits per heavy atom. The first-order valence-corrected chi connectivity index (χ1v) is 10.0. The Kier molecular flexibility index (Phi) is 5.89. The second kappa shape index (κ2) is 8.93. The van der Waals surface area contributed by atoms with Gasteiger partial charge < -0.3 is 19.3 Å². The highest BCUT2D eigenvalue weighted by Gasteiger charge is 2.29. The monoisotopic (exact) mass is 434 g/mol. The standard InChI is InChI=1S/C23H22N4O5/c1-25(22-21(27(29)30)4-3-13-24-22)17-7-11-20(12-8-17)32-19-9-5-16(6-10-19)14-18-15-31-23(28)26(18)2/h3-13,18H,14-15H2,1-2H3/t18-/m0/s1. The molecule has 2 aromatic carbocycles. The van der Waals surface area contributed by atoms with E-state index in [-0.39, 0.29) is 23.6 Å². The zero-order valence-electron chi connectivity index (χ0n) is 17.7. The highest BCUT2D eigenvalue weighted by molar-refractivity contribution is 5.70. The lowest BCUT2D eigenvalue weighted by Crippen LogP contribution is -2.30. The van der Waals surface area contributed by atoms with Gasteiger partial charge >= 0.3 is 11.8 Å². The Bertz CT molecular complexity index is 1120. The van der Waals surface area contributed by atoms with Crippen molar-refractivity contribution in [2.45, 2.75) is 12.5 Å². The summed E-state index contributed by atoms with van der Waals surface area (Å²) in [4.78, 5) is 29.7. The van der Waals surface area contributed by atoms with Gasteiger partial charge in [0.05, 0.1) is 11.0 Å². The number of hydrogen-bond acceptors (Lipinski definition) is 7. The van der Waals surface area contributed by atoms with Crippen molar-refractivity contribution in [1.82, 2.24) is 9.88 Å². The molecule has 3 aromatic rings. The van der Waals surface area contributed by atoms with E-state index in [9.17, 15) is 14.9 Å². The summed E-state index contributed by atoms with van der Waals surface area (Å²) in [6.45, 7) is 0.399. The number of aromatic nitrogens is 1. The zero-order valence-corrected chi connectivity index (χ0v) is 17.7. The molecule has 1 saturated heterocycles. The Hall–Kier alpha value is -4.14. The van der Waals surface area contributed by atoms with E-state index in [1.807, 2.05) is 36.4 Å². The summed E-state index contributed by atoms with van der Waals surface area (Å²) in [5, 5.41) is 11.3. The van der Waals surface area contributed by atoms with Gasteiger partial charge in [-0.3, -0.25) is 10.1 Å². The molecule has 2 heterocycles. The average molecular weight is 434 g/mol. The van der Waals surface area contributed by atoms with Crippen LogP contribution in [0.3, 0.4) is 0 Å². The third kappa shape index (κ3) is 4.46. The largest absolute Gasteiger partial charge is 0.457 e. The van der Waals surface area contributed by atoms with Gasteiger partial charge in [0.15, 0.2) is 0 Å². The Morgan fingerprint density at radius 2 is 1.81 bits per heavy atom. The summed E-state index contributed by atoms with van der Waals surface area (Å²) in [5.41, 5.74) is 1.77. The van der Waals surface area contributed by atoms with E-state index < -0.39 is 4.92 Å². The molecule has 164 valence electrons. The van der Waals surface area contributed by atoms with Crippen LogP contribution in [0.15, 0.2) is 66.9 Å². The van der Waals surface area contributed by atoms with Crippen LogP contribution in [-0.2, 0) is 11.2 Å². The molecule has 1 fully saturated rings. The predicted molar refractivity (Wildman–Crippen MR) is 119 cm³/mol. The highest BCUT2D eigenvalue weighted by atomic mass is 16.6. The summed E-state index contributed by atoms with van der Waals surface area (Å²) in [6, 6.07) is 17.9. The minimum atomic E-state index is -0.449. The summed E-state index contributed by atoms with van der Waals surface area (Å²) in [7, 11) is 3.47. The second-order valence-corrected chi connectivity index (χ2v) is 7.45. The maximum atomic E-state index is 11.5. The fourth-order valence-electron chi connectivity index (χ4n) is 3.48. The molecule has 0 N–H and O–H groups in total. The van der Waals surface area contributed by atoms with E-state index in [2.05, 4.69) is 4.98 Å². The Balaban J connectivity index is 1.41. The van der Waals surface area contributed by atoms with E-state index in [0.29, 0.717) is 24.5 Å². The maximum Gasteiger partial charge on any atom is 0.409 e. The van der Waals surface area contributed by atoms with Gasteiger partial charge in [-0.1, -0.05) is 12.1 Å². The van der Waals surface area contributed by atoms with Gasteiger partial charge in [-0.25, -0.2) is 9.78 Å². The lowest BCUT2D eigenvalue weighted by atomic mass is 10.1. The lowest BCUT2D eigenvalue weighted by molar-refractivity contribution is -0.384. The van der Waals surface area contributed by atoms with Gasteiger partial charge in [0.2, 0.25) is 5.82 Å². The van der Waals surface area contributed by atoms with Crippen LogP contribution in [0.1, 0.15) is 5.56 Å². The van der Waals surface area contributed by atoms with Crippen LogP contribution in [0.25, 0.3) is 0 Å². The van der Waals surface area contributed by atoms with Crippen molar-refractivity contribution in [2.24, 2.45) is 0 Å². The van der Waals surface area contributed by atoms with Crippen molar-refractivity contribution in [1.29, 1.82) is 0 Å². The fourth-order valence-corrected chi connectivity index (χ4v) is 3.48. The van der Waals surface area contributed by atoms with Gasteiger partial charge in [-0.2, -0.15) is 0 Å². The number of nitro groups is 1. The SMILES string of the molecule is CN(c1ccc(Oc2ccc(C[C@H]3COC(=O)N3C)cc2)cc1)c1ncccc1[N+](=O)[O-]. The minimum Gasteiger partial charge on any atom is -0.457 e. The molecule has 1 atom stereocenters. The summed E-state index contributed by atoms with van der Waals surface area (Å²) in [5.74, 6) is 1.59. The molecule has 4 rings (SSSR count). The molecular formula is C23H22N4O5. The first-order valence-electron chi connectivity index (χ1n) is 10.0. The van der Waals surface area contributed by atoms with Crippen molar-refractivity contribution in [3.8, 4) is 11.5 Å². The number of nitrogens with zero attached hydrogens (tertiary/aromatic N) is 4. The molecule has 0 saturated carbocycles. The molecule has 0 bridgehead atoms. The van der Waals surface area contributed by atoms with Crippen LogP contribution in [0.4, 0.5) is 22.0 Å². The lowest BCUT2D eigenvalue weighted by Gasteiger charge is -2.18. The number of anilines is 2. The highest BCUT2D eigenvalue weighted by Crippen LogP contribution is 2.31. The van der Waals surface area contributed by atoms with Crippen molar-refractivity contribution in [3.63, 3.8) is 0 Å². The van der Waals surface area contributed by atoms with Gasteiger partial charge in [0.1, 0.15) is 18.1 Å². The quantitative estimate of drug-likeness (QED) is 0.398. The van der Waals surface area contributed by atoms with Gasteiger partial charge in [-0.15, -0.1) is 0 Å². The van der Waals surface area contributed by atoms with Crippen molar-refractivity contribution in [3.05, 3.63) is 82.5 Å². The predicted octanol–water partition coefficient (Wildman–Crippen LogP) is 4.54. The van der Waals surface area contributed by atoms with Crippen LogP contribution in [0, 0.1) is 10.1 Å². The van der Waals surface area contributed by atoms with Crippen molar-refractivity contribution >= 4 is 23.3 Å². The Labute approximate surface area is 185 Å². The van der Waals surface area contributed by atoms with E-state index in [0.717, 1.165) is 11.3 Å². The average Bonchev–Trinajstić information content (AvgIpc) is 3.12. The van der Waals surface area contributed by atoms with Crippen LogP contribution in [0.5, 0.6) is 11.5 Å². The maximum absolute atomic E-state index is 11.5. The van der Waals surface area contributed by atoms with Crippen LogP contribution < -0.4 is 9.64 Å². The number of ether oxygens (including phenoxy) is 2. The fraction of sp³-hybridized carbons (Fsp3) is 0.217. The van der Waals surface area contributed by atoms with Crippen molar-refractivity contribution in [2.75, 3.05) is 25.6 Å². The zero-order chi connectivity index (χ0) is 22.7. The number of benzene rings is 2. The van der Waals surface area contributed by atoms with E-state index in [4.69, 9.17) is 9.47 Å². The summed E-state index contributed by atoms with van der Waals surface area (Å²) in [6.07, 6.45) is 1.94. The van der Waals surface area contributed by atoms with E-state index in [1.165, 1.54) is 18.3 Å². The number of amides is 1. The van der Waals surface area contributed by atoms with Crippen LogP contribution in [0.2, 0.25) is 0 Å². The molecule has 9 heteroatoms. The Morgan fingerprint density at radius 1 is 1.16 bits per heavy atom. The first-order chi connectivity index (χ1) is 15.4. The third-order valence-electron chi connectivity index (χ3n) is 5.37. The molecule has 1 amide bonds. The first kappa shape index (κ1) is 21.1. The van der Waals surface area contributed by atoms with Crippen molar-refractivity contribution < 1.29 is 19.2 Å². The third-order valence-corrected chi connectivity index (χ3v) is 5.37. The van der Waals surface area contributed by atoms with E-state index >= 15 is 0 Å². The van der Waals surface area contributed by atoms with E-state index in [1.54, 1.807) is 36.0 Å². The number of rotatable bonds is 7. The molecule has 1 aliphatic rings. The molecule has 0 aliphatic carbocycles. The van der Waals surface area contributed by atoms with Gasteiger partial charge in [0.25, 0.3) is 0 Å². The summed E-state index contributed by atoms with van der Waals surface area (Å²) < 4.78 is 11.0. The molecule has 0 spiro atoms. The van der Waals surface area contributed by atoms with Crippen LogP contribution >= 0.6 is 0 Å². The van der Waals surface area contributed by atoms with Crippen LogP contribution in [-0.4, -0.2) is 47.6 Å². The van der Waals surface area contributed by atoms with Gasteiger partial charge in [0, 0.05) is 32.0 Å². The number of carbonyl (C=O) groups excluding carboxylic acids is 1. The number of cyclic esters (lactones) is 1. The van der Waals surface area contributed by atoms with Gasteiger partial charge in [-0.05, 0) is 54.4 Å². The number of likely N-dealkylation sites (N-methyl/N-ethyl adjacent to an activating group) is 1.